The third-order valence-corrected chi connectivity index (χ3v) is 5.35. The average molecular weight is 401 g/mol. The van der Waals surface area contributed by atoms with Gasteiger partial charge >= 0.3 is 0 Å². The van der Waals surface area contributed by atoms with Gasteiger partial charge < -0.3 is 10.5 Å². The molecule has 0 spiro atoms. The molecule has 1 heterocycles. The molecule has 1 aliphatic rings. The van der Waals surface area contributed by atoms with Crippen LogP contribution in [-0.2, 0) is 10.3 Å². The molecule has 0 saturated heterocycles. The molecule has 0 radical (unpaired) electrons. The molecular weight excluding hydrogens is 384 g/mol. The van der Waals surface area contributed by atoms with Crippen LogP contribution in [0.25, 0.3) is 0 Å². The molecule has 0 amide bonds. The van der Waals surface area contributed by atoms with Crippen molar-refractivity contribution in [3.63, 3.8) is 0 Å². The molecule has 5 heteroatoms. The lowest BCUT2D eigenvalue weighted by atomic mass is 9.71. The molecule has 0 unspecified atom stereocenters. The fraction of sp³-hybridized carbons (Fsp3) is 0.0833. The number of hydrogen-bond donors (Lipinski definition) is 1. The third kappa shape index (κ3) is 3.06. The Balaban J connectivity index is 2.02. The molecule has 0 aromatic heterocycles. The number of halogens is 1. The summed E-state index contributed by atoms with van der Waals surface area (Å²) in [4.78, 5) is 13.9. The molecule has 3 aromatic carbocycles. The van der Waals surface area contributed by atoms with E-state index in [1.54, 1.807) is 42.5 Å². The first-order chi connectivity index (χ1) is 14.1. The summed E-state index contributed by atoms with van der Waals surface area (Å²) in [5.41, 5.74) is 6.60. The largest absolute Gasteiger partial charge is 0.458 e. The monoisotopic (exact) mass is 400 g/mol. The van der Waals surface area contributed by atoms with Gasteiger partial charge in [-0.15, -0.1) is 0 Å². The minimum Gasteiger partial charge on any atom is -0.458 e. The van der Waals surface area contributed by atoms with Gasteiger partial charge in [0.2, 0.25) is 17.3 Å². The number of Topliss-reactive ketones (excluding diaryl/α,β-unsaturated/α-hetero) is 1. The van der Waals surface area contributed by atoms with Crippen molar-refractivity contribution >= 4 is 17.4 Å². The van der Waals surface area contributed by atoms with Gasteiger partial charge in [-0.3, -0.25) is 4.79 Å². The second-order valence-corrected chi connectivity index (χ2v) is 7.21. The molecule has 142 valence electrons. The smallest absolute Gasteiger partial charge is 0.212 e. The summed E-state index contributed by atoms with van der Waals surface area (Å²) in [5, 5.41) is 10.4. The lowest BCUT2D eigenvalue weighted by molar-refractivity contribution is 0.0136. The Kier molecular flexibility index (Phi) is 4.84. The molecule has 0 bridgehead atoms. The topological polar surface area (TPSA) is 76.1 Å². The van der Waals surface area contributed by atoms with Crippen LogP contribution in [-0.4, -0.2) is 5.78 Å². The Bertz CT molecular complexity index is 1140. The third-order valence-electron chi connectivity index (χ3n) is 5.11. The van der Waals surface area contributed by atoms with E-state index in [0.29, 0.717) is 21.7 Å². The number of nitriles is 1. The summed E-state index contributed by atoms with van der Waals surface area (Å²) < 4.78 is 6.10. The van der Waals surface area contributed by atoms with Crippen LogP contribution in [0.5, 0.6) is 0 Å². The highest BCUT2D eigenvalue weighted by Crippen LogP contribution is 2.52. The van der Waals surface area contributed by atoms with Crippen LogP contribution in [0, 0.1) is 11.3 Å². The van der Waals surface area contributed by atoms with Crippen LogP contribution in [0.3, 0.4) is 0 Å². The van der Waals surface area contributed by atoms with E-state index in [1.165, 1.54) is 0 Å². The van der Waals surface area contributed by atoms with E-state index < -0.39 is 11.5 Å². The van der Waals surface area contributed by atoms with Gasteiger partial charge in [0.1, 0.15) is 11.6 Å². The van der Waals surface area contributed by atoms with Crippen molar-refractivity contribution in [1.29, 1.82) is 5.26 Å². The zero-order chi connectivity index (χ0) is 20.4. The van der Waals surface area contributed by atoms with Gasteiger partial charge in [-0.1, -0.05) is 84.4 Å². The zero-order valence-electron chi connectivity index (χ0n) is 15.4. The van der Waals surface area contributed by atoms with Gasteiger partial charge in [0, 0.05) is 16.1 Å². The van der Waals surface area contributed by atoms with E-state index in [-0.39, 0.29) is 17.2 Å². The summed E-state index contributed by atoms with van der Waals surface area (Å²) in [6.07, 6.45) is 0. The van der Waals surface area contributed by atoms with Crippen molar-refractivity contribution in [2.45, 2.75) is 11.5 Å². The molecule has 1 aliphatic heterocycles. The van der Waals surface area contributed by atoms with Crippen LogP contribution in [0.15, 0.2) is 96.4 Å². The predicted octanol–water partition coefficient (Wildman–Crippen LogP) is 4.93. The molecule has 0 saturated carbocycles. The second kappa shape index (κ2) is 7.46. The Morgan fingerprint density at radius 1 is 1.00 bits per heavy atom. The van der Waals surface area contributed by atoms with E-state index >= 15 is 0 Å². The molecule has 2 atom stereocenters. The number of nitrogens with two attached hydrogens (primary N) is 1. The molecular formula is C24H17ClN2O2. The lowest BCUT2D eigenvalue weighted by Crippen LogP contribution is -2.41. The molecule has 4 nitrogen and oxygen atoms in total. The summed E-state index contributed by atoms with van der Waals surface area (Å²) in [6.45, 7) is 0. The summed E-state index contributed by atoms with van der Waals surface area (Å²) in [7, 11) is 0. The number of rotatable bonds is 4. The predicted molar refractivity (Wildman–Crippen MR) is 111 cm³/mol. The summed E-state index contributed by atoms with van der Waals surface area (Å²) in [5.74, 6) is -1.06. The van der Waals surface area contributed by atoms with Crippen molar-refractivity contribution in [1.82, 2.24) is 0 Å². The molecule has 4 rings (SSSR count). The van der Waals surface area contributed by atoms with Crippen molar-refractivity contribution in [2.24, 2.45) is 5.73 Å². The van der Waals surface area contributed by atoms with E-state index in [9.17, 15) is 10.1 Å². The first-order valence-electron chi connectivity index (χ1n) is 9.07. The highest BCUT2D eigenvalue weighted by molar-refractivity contribution is 6.30. The first kappa shape index (κ1) is 18.8. The normalized spacial score (nSPS) is 20.8. The number of nitrogens with zero attached hydrogens (tertiary/aromatic N) is 1. The molecule has 0 fully saturated rings. The van der Waals surface area contributed by atoms with Gasteiger partial charge in [0.05, 0.1) is 5.92 Å². The van der Waals surface area contributed by atoms with Gasteiger partial charge in [-0.2, -0.15) is 5.26 Å². The maximum absolute atomic E-state index is 13.9. The van der Waals surface area contributed by atoms with Crippen molar-refractivity contribution < 1.29 is 9.53 Å². The second-order valence-electron chi connectivity index (χ2n) is 6.78. The number of ether oxygens (including phenoxy) is 1. The lowest BCUT2D eigenvalue weighted by Gasteiger charge is -2.34. The Morgan fingerprint density at radius 2 is 1.66 bits per heavy atom. The van der Waals surface area contributed by atoms with Crippen LogP contribution in [0.2, 0.25) is 5.02 Å². The highest BCUT2D eigenvalue weighted by atomic mass is 35.5. The highest BCUT2D eigenvalue weighted by Gasteiger charge is 2.57. The fourth-order valence-corrected chi connectivity index (χ4v) is 4.06. The van der Waals surface area contributed by atoms with Crippen molar-refractivity contribution in [2.75, 3.05) is 0 Å². The number of carbonyl (C=O) groups is 1. The molecule has 2 N–H and O–H groups in total. The number of ketones is 1. The van der Waals surface area contributed by atoms with Crippen LogP contribution in [0.1, 0.15) is 27.4 Å². The van der Waals surface area contributed by atoms with Crippen molar-refractivity contribution in [3.05, 3.63) is 118 Å². The van der Waals surface area contributed by atoms with Crippen LogP contribution < -0.4 is 5.73 Å². The average Bonchev–Trinajstić information content (AvgIpc) is 3.07. The van der Waals surface area contributed by atoms with E-state index in [2.05, 4.69) is 6.07 Å². The minimum atomic E-state index is -1.51. The van der Waals surface area contributed by atoms with Gasteiger partial charge in [0.15, 0.2) is 0 Å². The first-order valence-corrected chi connectivity index (χ1v) is 9.45. The van der Waals surface area contributed by atoms with Gasteiger partial charge in [0.25, 0.3) is 0 Å². The summed E-state index contributed by atoms with van der Waals surface area (Å²) in [6, 6.07) is 27.2. The quantitative estimate of drug-likeness (QED) is 0.630. The molecule has 3 aromatic rings. The van der Waals surface area contributed by atoms with E-state index in [0.717, 1.165) is 0 Å². The van der Waals surface area contributed by atoms with E-state index in [4.69, 9.17) is 22.1 Å². The zero-order valence-corrected chi connectivity index (χ0v) is 16.1. The number of benzene rings is 3. The molecule has 29 heavy (non-hydrogen) atoms. The molecule has 0 aliphatic carbocycles. The minimum absolute atomic E-state index is 0.0504. The van der Waals surface area contributed by atoms with Crippen LogP contribution in [0.4, 0.5) is 0 Å². The Morgan fingerprint density at radius 3 is 2.28 bits per heavy atom. The number of carbonyl (C=O) groups excluding carboxylic acids is 1. The fourth-order valence-electron chi connectivity index (χ4n) is 3.86. The van der Waals surface area contributed by atoms with Gasteiger partial charge in [-0.05, 0) is 17.7 Å². The number of hydrogen-bond acceptors (Lipinski definition) is 4. The standard InChI is InChI=1S/C24H17ClN2O2/c25-19-13-7-10-17(14-19)21-20(15-26)23(27)29-24(21,18-11-5-2-6-12-18)22(28)16-8-3-1-4-9-16/h1-14,21H,27H2/t21-,24+/m1/s1. The Hall–Kier alpha value is -3.55. The SMILES string of the molecule is N#CC1=C(N)O[C@@](C(=O)c2ccccc2)(c2ccccc2)[C@@H]1c1cccc(Cl)c1. The van der Waals surface area contributed by atoms with E-state index in [1.807, 2.05) is 42.5 Å². The summed E-state index contributed by atoms with van der Waals surface area (Å²) >= 11 is 6.23. The van der Waals surface area contributed by atoms with Crippen molar-refractivity contribution in [3.8, 4) is 6.07 Å². The maximum Gasteiger partial charge on any atom is 0.212 e. The van der Waals surface area contributed by atoms with Gasteiger partial charge in [-0.25, -0.2) is 0 Å². The maximum atomic E-state index is 13.9. The Labute approximate surface area is 173 Å². The van der Waals surface area contributed by atoms with Crippen LogP contribution >= 0.6 is 11.6 Å².